The van der Waals surface area contributed by atoms with Crippen molar-refractivity contribution in [3.8, 4) is 5.75 Å². The molecule has 106 valence electrons. The fourth-order valence-corrected chi connectivity index (χ4v) is 3.38. The Morgan fingerprint density at radius 3 is 2.89 bits per heavy atom. The fourth-order valence-electron chi connectivity index (χ4n) is 3.38. The van der Waals surface area contributed by atoms with E-state index < -0.39 is 0 Å². The van der Waals surface area contributed by atoms with Gasteiger partial charge in [0.05, 0.1) is 7.11 Å². The van der Waals surface area contributed by atoms with Gasteiger partial charge in [-0.2, -0.15) is 0 Å². The van der Waals surface area contributed by atoms with Crippen molar-refractivity contribution in [2.75, 3.05) is 33.3 Å². The molecule has 1 aromatic rings. The topological polar surface area (TPSA) is 24.5 Å². The van der Waals surface area contributed by atoms with Gasteiger partial charge in [-0.05, 0) is 37.4 Å². The van der Waals surface area contributed by atoms with Crippen LogP contribution in [0, 0.1) is 5.41 Å². The minimum atomic E-state index is 0. The van der Waals surface area contributed by atoms with Crippen LogP contribution < -0.4 is 10.1 Å². The molecular weight excluding hydrogens is 260 g/mol. The highest BCUT2D eigenvalue weighted by Gasteiger charge is 2.40. The number of para-hydroxylation sites is 1. The molecule has 0 bridgehead atoms. The van der Waals surface area contributed by atoms with Gasteiger partial charge in [0, 0.05) is 25.2 Å². The Hall–Kier alpha value is -0.770. The lowest BCUT2D eigenvalue weighted by Gasteiger charge is -2.23. The Kier molecular flexibility index (Phi) is 4.71. The number of likely N-dealkylation sites (tertiary alicyclic amines) is 1. The quantitative estimate of drug-likeness (QED) is 0.921. The Morgan fingerprint density at radius 2 is 2.16 bits per heavy atom. The SMILES string of the molecule is COc1ccccc1CN1CCC2(CCNC2)C1.Cl. The van der Waals surface area contributed by atoms with Crippen LogP contribution in [-0.2, 0) is 6.54 Å². The summed E-state index contributed by atoms with van der Waals surface area (Å²) in [6.45, 7) is 5.88. The molecular formula is C15H23ClN2O. The Labute approximate surface area is 121 Å². The number of hydrogen-bond acceptors (Lipinski definition) is 3. The summed E-state index contributed by atoms with van der Waals surface area (Å²) >= 11 is 0. The van der Waals surface area contributed by atoms with Crippen LogP contribution in [0.2, 0.25) is 0 Å². The molecule has 2 aliphatic rings. The lowest BCUT2D eigenvalue weighted by molar-refractivity contribution is 0.265. The van der Waals surface area contributed by atoms with Crippen molar-refractivity contribution in [1.29, 1.82) is 0 Å². The van der Waals surface area contributed by atoms with Gasteiger partial charge in [0.25, 0.3) is 0 Å². The Bertz CT molecular complexity index is 418. The molecule has 2 aliphatic heterocycles. The van der Waals surface area contributed by atoms with E-state index in [0.29, 0.717) is 5.41 Å². The second-order valence-corrected chi connectivity index (χ2v) is 5.70. The maximum absolute atomic E-state index is 5.43. The molecule has 1 unspecified atom stereocenters. The number of benzene rings is 1. The van der Waals surface area contributed by atoms with E-state index in [1.54, 1.807) is 7.11 Å². The maximum atomic E-state index is 5.43. The zero-order valence-corrected chi connectivity index (χ0v) is 12.3. The van der Waals surface area contributed by atoms with E-state index >= 15 is 0 Å². The highest BCUT2D eigenvalue weighted by molar-refractivity contribution is 5.85. The monoisotopic (exact) mass is 282 g/mol. The molecule has 0 radical (unpaired) electrons. The van der Waals surface area contributed by atoms with Crippen molar-refractivity contribution >= 4 is 12.4 Å². The summed E-state index contributed by atoms with van der Waals surface area (Å²) < 4.78 is 5.43. The average Bonchev–Trinajstić information content (AvgIpc) is 3.01. The third-order valence-corrected chi connectivity index (χ3v) is 4.44. The first-order valence-corrected chi connectivity index (χ1v) is 6.86. The number of hydrogen-bond donors (Lipinski definition) is 1. The summed E-state index contributed by atoms with van der Waals surface area (Å²) in [5.41, 5.74) is 1.87. The first-order valence-electron chi connectivity index (χ1n) is 6.86. The van der Waals surface area contributed by atoms with Crippen LogP contribution in [0.3, 0.4) is 0 Å². The van der Waals surface area contributed by atoms with Crippen LogP contribution in [0.4, 0.5) is 0 Å². The highest BCUT2D eigenvalue weighted by atomic mass is 35.5. The van der Waals surface area contributed by atoms with E-state index in [0.717, 1.165) is 12.3 Å². The predicted octanol–water partition coefficient (Wildman–Crippen LogP) is 2.30. The molecule has 2 fully saturated rings. The number of halogens is 1. The van der Waals surface area contributed by atoms with Gasteiger partial charge in [-0.3, -0.25) is 4.90 Å². The zero-order valence-electron chi connectivity index (χ0n) is 11.5. The minimum absolute atomic E-state index is 0. The van der Waals surface area contributed by atoms with Crippen molar-refractivity contribution < 1.29 is 4.74 Å². The zero-order chi connectivity index (χ0) is 12.4. The fraction of sp³-hybridized carbons (Fsp3) is 0.600. The molecule has 2 saturated heterocycles. The third kappa shape index (κ3) is 3.04. The number of nitrogens with one attached hydrogen (secondary N) is 1. The minimum Gasteiger partial charge on any atom is -0.496 e. The van der Waals surface area contributed by atoms with Gasteiger partial charge in [-0.15, -0.1) is 12.4 Å². The summed E-state index contributed by atoms with van der Waals surface area (Å²) in [5, 5.41) is 3.51. The smallest absolute Gasteiger partial charge is 0.123 e. The molecule has 19 heavy (non-hydrogen) atoms. The molecule has 0 aromatic heterocycles. The van der Waals surface area contributed by atoms with Crippen LogP contribution in [0.25, 0.3) is 0 Å². The van der Waals surface area contributed by atoms with Crippen LogP contribution >= 0.6 is 12.4 Å². The second-order valence-electron chi connectivity index (χ2n) is 5.70. The standard InChI is InChI=1S/C15H22N2O.ClH/c1-18-14-5-3-2-4-13(14)10-17-9-7-15(12-17)6-8-16-11-15;/h2-5,16H,6-12H2,1H3;1H. The van der Waals surface area contributed by atoms with E-state index in [1.807, 2.05) is 6.07 Å². The van der Waals surface area contributed by atoms with Gasteiger partial charge < -0.3 is 10.1 Å². The van der Waals surface area contributed by atoms with Gasteiger partial charge >= 0.3 is 0 Å². The number of rotatable bonds is 3. The molecule has 1 aromatic carbocycles. The lowest BCUT2D eigenvalue weighted by atomic mass is 9.86. The van der Waals surface area contributed by atoms with Gasteiger partial charge in [0.1, 0.15) is 5.75 Å². The molecule has 4 heteroatoms. The van der Waals surface area contributed by atoms with Crippen molar-refractivity contribution in [2.45, 2.75) is 19.4 Å². The largest absolute Gasteiger partial charge is 0.496 e. The molecule has 1 atom stereocenters. The molecule has 3 nitrogen and oxygen atoms in total. The molecule has 0 aliphatic carbocycles. The van der Waals surface area contributed by atoms with Crippen LogP contribution in [0.5, 0.6) is 5.75 Å². The molecule has 0 amide bonds. The summed E-state index contributed by atoms with van der Waals surface area (Å²) in [6.07, 6.45) is 2.69. The number of ether oxygens (including phenoxy) is 1. The summed E-state index contributed by atoms with van der Waals surface area (Å²) in [5.74, 6) is 1.02. The third-order valence-electron chi connectivity index (χ3n) is 4.44. The van der Waals surface area contributed by atoms with Gasteiger partial charge in [0.15, 0.2) is 0 Å². The van der Waals surface area contributed by atoms with Gasteiger partial charge in [-0.25, -0.2) is 0 Å². The maximum Gasteiger partial charge on any atom is 0.123 e. The second kappa shape index (κ2) is 6.12. The summed E-state index contributed by atoms with van der Waals surface area (Å²) in [6, 6.07) is 8.37. The first kappa shape index (κ1) is 14.6. The normalized spacial score (nSPS) is 26.6. The highest BCUT2D eigenvalue weighted by Crippen LogP contribution is 2.37. The van der Waals surface area contributed by atoms with E-state index in [4.69, 9.17) is 4.74 Å². The van der Waals surface area contributed by atoms with Crippen LogP contribution in [0.1, 0.15) is 18.4 Å². The van der Waals surface area contributed by atoms with Gasteiger partial charge in [0.2, 0.25) is 0 Å². The van der Waals surface area contributed by atoms with Crippen LogP contribution in [0.15, 0.2) is 24.3 Å². The molecule has 1 N–H and O–H groups in total. The van der Waals surface area contributed by atoms with Crippen molar-refractivity contribution in [1.82, 2.24) is 10.2 Å². The average molecular weight is 283 g/mol. The number of methoxy groups -OCH3 is 1. The molecule has 1 spiro atoms. The predicted molar refractivity (Wildman–Crippen MR) is 80.1 cm³/mol. The molecule has 0 saturated carbocycles. The summed E-state index contributed by atoms with van der Waals surface area (Å²) in [7, 11) is 1.76. The van der Waals surface area contributed by atoms with Crippen molar-refractivity contribution in [3.63, 3.8) is 0 Å². The number of nitrogens with zero attached hydrogens (tertiary/aromatic N) is 1. The lowest BCUT2D eigenvalue weighted by Crippen LogP contribution is -2.29. The van der Waals surface area contributed by atoms with E-state index in [9.17, 15) is 0 Å². The first-order chi connectivity index (χ1) is 8.81. The van der Waals surface area contributed by atoms with E-state index in [1.165, 1.54) is 44.6 Å². The van der Waals surface area contributed by atoms with Crippen molar-refractivity contribution in [3.05, 3.63) is 29.8 Å². The van der Waals surface area contributed by atoms with E-state index in [2.05, 4.69) is 28.4 Å². The van der Waals surface area contributed by atoms with Crippen LogP contribution in [-0.4, -0.2) is 38.2 Å². The van der Waals surface area contributed by atoms with E-state index in [-0.39, 0.29) is 12.4 Å². The Balaban J connectivity index is 0.00000133. The molecule has 2 heterocycles. The Morgan fingerprint density at radius 1 is 1.32 bits per heavy atom. The summed E-state index contributed by atoms with van der Waals surface area (Å²) in [4.78, 5) is 2.57. The van der Waals surface area contributed by atoms with Crippen molar-refractivity contribution in [2.24, 2.45) is 5.41 Å². The molecule has 3 rings (SSSR count). The van der Waals surface area contributed by atoms with Gasteiger partial charge in [-0.1, -0.05) is 18.2 Å².